The van der Waals surface area contributed by atoms with Gasteiger partial charge in [-0.3, -0.25) is 9.48 Å². The van der Waals surface area contributed by atoms with Gasteiger partial charge in [0.2, 0.25) is 0 Å². The lowest BCUT2D eigenvalue weighted by atomic mass is 10.1. The molecule has 0 aliphatic heterocycles. The molecule has 0 saturated heterocycles. The number of amides is 1. The van der Waals surface area contributed by atoms with Gasteiger partial charge in [-0.25, -0.2) is 0 Å². The number of carbonyl (C=O) groups is 1. The van der Waals surface area contributed by atoms with E-state index in [9.17, 15) is 4.79 Å². The molecule has 0 unspecified atom stereocenters. The zero-order chi connectivity index (χ0) is 14.5. The van der Waals surface area contributed by atoms with E-state index in [1.165, 1.54) is 0 Å². The first-order chi connectivity index (χ1) is 9.65. The molecule has 0 fully saturated rings. The molecule has 20 heavy (non-hydrogen) atoms. The van der Waals surface area contributed by atoms with Crippen molar-refractivity contribution in [3.8, 4) is 6.07 Å². The van der Waals surface area contributed by atoms with Gasteiger partial charge in [-0.2, -0.15) is 10.4 Å². The molecule has 2 aromatic rings. The van der Waals surface area contributed by atoms with Gasteiger partial charge in [0.05, 0.1) is 35.1 Å². The molecule has 0 bridgehead atoms. The Kier molecular flexibility index (Phi) is 4.38. The number of hydrogen-bond acceptors (Lipinski definition) is 3. The molecule has 0 radical (unpaired) electrons. The lowest BCUT2D eigenvalue weighted by Gasteiger charge is -2.08. The minimum absolute atomic E-state index is 0.248. The number of aromatic nitrogens is 2. The largest absolute Gasteiger partial charge is 0.346 e. The molecule has 102 valence electrons. The van der Waals surface area contributed by atoms with Gasteiger partial charge in [0, 0.05) is 12.1 Å². The number of halogens is 1. The summed E-state index contributed by atoms with van der Waals surface area (Å²) in [5.74, 6) is -0.248. The molecule has 2 rings (SSSR count). The highest BCUT2D eigenvalue weighted by Crippen LogP contribution is 2.15. The van der Waals surface area contributed by atoms with Crippen LogP contribution in [0.5, 0.6) is 0 Å². The van der Waals surface area contributed by atoms with Crippen LogP contribution in [-0.4, -0.2) is 15.7 Å². The third-order valence-corrected chi connectivity index (χ3v) is 3.18. The summed E-state index contributed by atoms with van der Waals surface area (Å²) < 4.78 is 1.73. The summed E-state index contributed by atoms with van der Waals surface area (Å²) in [5, 5.41) is 16.2. The van der Waals surface area contributed by atoms with Gasteiger partial charge in [-0.15, -0.1) is 0 Å². The van der Waals surface area contributed by atoms with E-state index in [2.05, 4.69) is 10.4 Å². The molecule has 6 heteroatoms. The van der Waals surface area contributed by atoms with Gasteiger partial charge >= 0.3 is 0 Å². The lowest BCUT2D eigenvalue weighted by molar-refractivity contribution is 0.0950. The van der Waals surface area contributed by atoms with Crippen molar-refractivity contribution in [1.82, 2.24) is 15.1 Å². The lowest BCUT2D eigenvalue weighted by Crippen LogP contribution is -2.24. The first-order valence-corrected chi connectivity index (χ1v) is 6.52. The fourth-order valence-electron chi connectivity index (χ4n) is 1.83. The number of carbonyl (C=O) groups excluding carboxylic acids is 1. The monoisotopic (exact) mass is 288 g/mol. The van der Waals surface area contributed by atoms with Crippen LogP contribution in [0.2, 0.25) is 5.02 Å². The standard InChI is InChI=1S/C14H13ClN4O/c1-2-19-13(12(15)8-18-19)9-17-14(20)11-5-3-4-10(6-11)7-16/h3-6,8H,2,9H2,1H3,(H,17,20). The van der Waals surface area contributed by atoms with E-state index in [4.69, 9.17) is 16.9 Å². The second-order valence-corrected chi connectivity index (χ2v) is 4.54. The Bertz CT molecular complexity index is 672. The Morgan fingerprint density at radius 2 is 2.35 bits per heavy atom. The number of benzene rings is 1. The van der Waals surface area contributed by atoms with E-state index in [1.54, 1.807) is 35.1 Å². The Hall–Kier alpha value is -2.32. The fraction of sp³-hybridized carbons (Fsp3) is 0.214. The Labute approximate surface area is 121 Å². The zero-order valence-corrected chi connectivity index (χ0v) is 11.7. The molecule has 1 aromatic heterocycles. The van der Waals surface area contributed by atoms with Crippen LogP contribution in [-0.2, 0) is 13.1 Å². The molecule has 0 aliphatic carbocycles. The second-order valence-electron chi connectivity index (χ2n) is 4.13. The molecule has 1 amide bonds. The minimum atomic E-state index is -0.248. The van der Waals surface area contributed by atoms with Gasteiger partial charge in [0.1, 0.15) is 0 Å². The predicted molar refractivity (Wildman–Crippen MR) is 75.2 cm³/mol. The van der Waals surface area contributed by atoms with Crippen LogP contribution >= 0.6 is 11.6 Å². The minimum Gasteiger partial charge on any atom is -0.346 e. The van der Waals surface area contributed by atoms with Crippen molar-refractivity contribution in [2.24, 2.45) is 0 Å². The molecule has 0 aliphatic rings. The highest BCUT2D eigenvalue weighted by atomic mass is 35.5. The molecule has 0 atom stereocenters. The fourth-order valence-corrected chi connectivity index (χ4v) is 2.04. The van der Waals surface area contributed by atoms with Crippen LogP contribution in [0.25, 0.3) is 0 Å². The van der Waals surface area contributed by atoms with Gasteiger partial charge in [-0.1, -0.05) is 17.7 Å². The van der Waals surface area contributed by atoms with E-state index in [0.717, 1.165) is 5.69 Å². The molecule has 1 aromatic carbocycles. The topological polar surface area (TPSA) is 70.7 Å². The van der Waals surface area contributed by atoms with Gasteiger partial charge < -0.3 is 5.32 Å². The van der Waals surface area contributed by atoms with E-state index >= 15 is 0 Å². The van der Waals surface area contributed by atoms with E-state index in [1.807, 2.05) is 13.0 Å². The van der Waals surface area contributed by atoms with Crippen molar-refractivity contribution in [3.63, 3.8) is 0 Å². The summed E-state index contributed by atoms with van der Waals surface area (Å²) >= 11 is 6.02. The van der Waals surface area contributed by atoms with Gasteiger partial charge in [0.15, 0.2) is 0 Å². The summed E-state index contributed by atoms with van der Waals surface area (Å²) in [7, 11) is 0. The molecule has 1 N–H and O–H groups in total. The molecule has 1 heterocycles. The van der Waals surface area contributed by atoms with Crippen LogP contribution in [0, 0.1) is 11.3 Å². The van der Waals surface area contributed by atoms with Gasteiger partial charge in [-0.05, 0) is 25.1 Å². The highest BCUT2D eigenvalue weighted by molar-refractivity contribution is 6.31. The maximum Gasteiger partial charge on any atom is 0.251 e. The number of nitrogens with zero attached hydrogens (tertiary/aromatic N) is 3. The van der Waals surface area contributed by atoms with Crippen LogP contribution < -0.4 is 5.32 Å². The first-order valence-electron chi connectivity index (χ1n) is 6.14. The third-order valence-electron chi connectivity index (χ3n) is 2.87. The molecule has 0 saturated carbocycles. The van der Waals surface area contributed by atoms with Crippen LogP contribution in [0.3, 0.4) is 0 Å². The number of hydrogen-bond donors (Lipinski definition) is 1. The maximum absolute atomic E-state index is 12.0. The summed E-state index contributed by atoms with van der Waals surface area (Å²) in [6.45, 7) is 2.93. The first kappa shape index (κ1) is 14.1. The quantitative estimate of drug-likeness (QED) is 0.939. The number of aryl methyl sites for hydroxylation is 1. The highest BCUT2D eigenvalue weighted by Gasteiger charge is 2.11. The van der Waals surface area contributed by atoms with E-state index < -0.39 is 0 Å². The summed E-state index contributed by atoms with van der Waals surface area (Å²) in [6, 6.07) is 8.55. The summed E-state index contributed by atoms with van der Waals surface area (Å²) in [4.78, 5) is 12.0. The van der Waals surface area contributed by atoms with Crippen molar-refractivity contribution in [3.05, 3.63) is 52.3 Å². The third kappa shape index (κ3) is 2.98. The Balaban J connectivity index is 2.09. The number of nitriles is 1. The van der Waals surface area contributed by atoms with Crippen LogP contribution in [0.4, 0.5) is 0 Å². The smallest absolute Gasteiger partial charge is 0.251 e. The second kappa shape index (κ2) is 6.22. The van der Waals surface area contributed by atoms with Crippen molar-refractivity contribution in [2.75, 3.05) is 0 Å². The van der Waals surface area contributed by atoms with Gasteiger partial charge in [0.25, 0.3) is 5.91 Å². The summed E-state index contributed by atoms with van der Waals surface area (Å²) in [6.07, 6.45) is 1.56. The number of nitrogens with one attached hydrogen (secondary N) is 1. The summed E-state index contributed by atoms with van der Waals surface area (Å²) in [5.41, 5.74) is 1.66. The maximum atomic E-state index is 12.0. The van der Waals surface area contributed by atoms with Crippen molar-refractivity contribution in [1.29, 1.82) is 5.26 Å². The van der Waals surface area contributed by atoms with Crippen molar-refractivity contribution >= 4 is 17.5 Å². The average Bonchev–Trinajstić information content (AvgIpc) is 2.85. The Morgan fingerprint density at radius 3 is 3.05 bits per heavy atom. The molecular weight excluding hydrogens is 276 g/mol. The SMILES string of the molecule is CCn1ncc(Cl)c1CNC(=O)c1cccc(C#N)c1. The molecule has 5 nitrogen and oxygen atoms in total. The molecule has 0 spiro atoms. The van der Waals surface area contributed by atoms with Crippen LogP contribution in [0.1, 0.15) is 28.5 Å². The van der Waals surface area contributed by atoms with E-state index in [0.29, 0.717) is 29.2 Å². The number of rotatable bonds is 4. The zero-order valence-electron chi connectivity index (χ0n) is 10.9. The van der Waals surface area contributed by atoms with Crippen molar-refractivity contribution in [2.45, 2.75) is 20.0 Å². The predicted octanol–water partition coefficient (Wildman–Crippen LogP) is 2.36. The van der Waals surface area contributed by atoms with Crippen molar-refractivity contribution < 1.29 is 4.79 Å². The molecular formula is C14H13ClN4O. The average molecular weight is 289 g/mol. The van der Waals surface area contributed by atoms with E-state index in [-0.39, 0.29) is 5.91 Å². The Morgan fingerprint density at radius 1 is 1.55 bits per heavy atom. The van der Waals surface area contributed by atoms with Crippen LogP contribution in [0.15, 0.2) is 30.5 Å². The normalized spacial score (nSPS) is 10.1.